The average molecular weight is 463 g/mol. The van der Waals surface area contributed by atoms with E-state index in [1.165, 1.54) is 44.9 Å². The van der Waals surface area contributed by atoms with Crippen LogP contribution < -0.4 is 10.6 Å². The molecule has 1 amide bonds. The van der Waals surface area contributed by atoms with Crippen LogP contribution in [0.25, 0.3) is 0 Å². The third-order valence-electron chi connectivity index (χ3n) is 10.6. The number of aliphatic hydroxyl groups is 1. The van der Waals surface area contributed by atoms with Gasteiger partial charge in [-0.25, -0.2) is 4.79 Å². The summed E-state index contributed by atoms with van der Waals surface area (Å²) in [5.41, 5.74) is 0.438. The normalized spacial score (nSPS) is 43.7. The van der Waals surface area contributed by atoms with E-state index in [1.807, 2.05) is 20.8 Å². The van der Waals surface area contributed by atoms with Crippen molar-refractivity contribution in [1.29, 1.82) is 0 Å². The molecule has 4 rings (SSSR count). The van der Waals surface area contributed by atoms with E-state index in [0.29, 0.717) is 29.3 Å². The molecule has 190 valence electrons. The zero-order valence-corrected chi connectivity index (χ0v) is 22.1. The molecular formula is C28H50N2O3. The summed E-state index contributed by atoms with van der Waals surface area (Å²) >= 11 is 0. The summed E-state index contributed by atoms with van der Waals surface area (Å²) in [4.78, 5) is 11.9. The Kier molecular flexibility index (Phi) is 7.15. The Bertz CT molecular complexity index is 706. The van der Waals surface area contributed by atoms with Crippen LogP contribution in [0, 0.1) is 40.4 Å². The summed E-state index contributed by atoms with van der Waals surface area (Å²) in [7, 11) is 0. The lowest BCUT2D eigenvalue weighted by Crippen LogP contribution is -2.55. The van der Waals surface area contributed by atoms with E-state index in [0.717, 1.165) is 43.1 Å². The Morgan fingerprint density at radius 2 is 1.70 bits per heavy atom. The lowest BCUT2D eigenvalue weighted by atomic mass is 9.44. The van der Waals surface area contributed by atoms with Gasteiger partial charge in [0.1, 0.15) is 5.60 Å². The molecule has 0 radical (unpaired) electrons. The van der Waals surface area contributed by atoms with Crippen LogP contribution in [0.5, 0.6) is 0 Å². The maximum Gasteiger partial charge on any atom is 0.407 e. The van der Waals surface area contributed by atoms with Crippen molar-refractivity contribution >= 4 is 6.09 Å². The van der Waals surface area contributed by atoms with Gasteiger partial charge in [0.25, 0.3) is 0 Å². The fraction of sp³-hybridized carbons (Fsp3) is 0.964. The Labute approximate surface area is 202 Å². The number of alkyl carbamates (subject to hydrolysis) is 1. The molecule has 0 saturated heterocycles. The van der Waals surface area contributed by atoms with E-state index < -0.39 is 5.60 Å². The fourth-order valence-electron chi connectivity index (χ4n) is 9.02. The van der Waals surface area contributed by atoms with Crippen LogP contribution in [0.4, 0.5) is 4.79 Å². The number of aliphatic hydroxyl groups excluding tert-OH is 1. The summed E-state index contributed by atoms with van der Waals surface area (Å²) in [5.74, 6) is 4.05. The van der Waals surface area contributed by atoms with Crippen molar-refractivity contribution < 1.29 is 14.6 Å². The molecular weight excluding hydrogens is 412 g/mol. The van der Waals surface area contributed by atoms with Crippen molar-refractivity contribution in [3.63, 3.8) is 0 Å². The lowest BCUT2D eigenvalue weighted by molar-refractivity contribution is -0.127. The lowest BCUT2D eigenvalue weighted by Gasteiger charge is -2.61. The molecule has 0 aliphatic heterocycles. The van der Waals surface area contributed by atoms with E-state index in [4.69, 9.17) is 4.74 Å². The van der Waals surface area contributed by atoms with Crippen LogP contribution >= 0.6 is 0 Å². The molecule has 0 aromatic carbocycles. The first-order valence-corrected chi connectivity index (χ1v) is 13.8. The summed E-state index contributed by atoms with van der Waals surface area (Å²) in [6.07, 6.45) is 11.1. The van der Waals surface area contributed by atoms with Crippen molar-refractivity contribution in [1.82, 2.24) is 10.6 Å². The van der Waals surface area contributed by atoms with Crippen molar-refractivity contribution in [2.24, 2.45) is 40.4 Å². The summed E-state index contributed by atoms with van der Waals surface area (Å²) in [6.45, 7) is 14.6. The Morgan fingerprint density at radius 3 is 2.42 bits per heavy atom. The molecule has 4 aliphatic carbocycles. The van der Waals surface area contributed by atoms with Crippen molar-refractivity contribution in [2.45, 2.75) is 117 Å². The summed E-state index contributed by atoms with van der Waals surface area (Å²) in [5, 5.41) is 16.9. The number of rotatable bonds is 5. The number of carbonyl (C=O) groups is 1. The zero-order chi connectivity index (χ0) is 24.0. The zero-order valence-electron chi connectivity index (χ0n) is 22.1. The van der Waals surface area contributed by atoms with E-state index >= 15 is 0 Å². The second kappa shape index (κ2) is 9.33. The molecule has 0 spiro atoms. The van der Waals surface area contributed by atoms with Crippen LogP contribution in [0.2, 0.25) is 0 Å². The number of carbonyl (C=O) groups excluding carboxylic acids is 1. The molecule has 0 aromatic heterocycles. The first-order chi connectivity index (χ1) is 15.4. The molecule has 9 atom stereocenters. The van der Waals surface area contributed by atoms with Gasteiger partial charge >= 0.3 is 6.09 Å². The molecule has 3 N–H and O–H groups in total. The molecule has 4 saturated carbocycles. The predicted molar refractivity (Wildman–Crippen MR) is 133 cm³/mol. The topological polar surface area (TPSA) is 70.6 Å². The maximum absolute atomic E-state index is 11.9. The van der Waals surface area contributed by atoms with Gasteiger partial charge in [-0.2, -0.15) is 0 Å². The van der Waals surface area contributed by atoms with Crippen molar-refractivity contribution in [3.05, 3.63) is 0 Å². The third-order valence-corrected chi connectivity index (χ3v) is 10.6. The van der Waals surface area contributed by atoms with Gasteiger partial charge in [0.15, 0.2) is 0 Å². The summed E-state index contributed by atoms with van der Waals surface area (Å²) < 4.78 is 5.34. The first kappa shape index (κ1) is 25.3. The SMILES string of the molecule is CC(NCCNC(=O)OC(C)(C)C)C1CCC2C3CCC4CC(O)CCC4(C)C3CCC12C. The number of fused-ring (bicyclic) bond motifs is 5. The highest BCUT2D eigenvalue weighted by Crippen LogP contribution is 2.67. The first-order valence-electron chi connectivity index (χ1n) is 13.8. The number of hydrogen-bond acceptors (Lipinski definition) is 4. The van der Waals surface area contributed by atoms with Gasteiger partial charge in [-0.05, 0) is 126 Å². The highest BCUT2D eigenvalue weighted by Gasteiger charge is 2.60. The monoisotopic (exact) mass is 462 g/mol. The van der Waals surface area contributed by atoms with Crippen LogP contribution in [-0.2, 0) is 4.74 Å². The highest BCUT2D eigenvalue weighted by atomic mass is 16.6. The van der Waals surface area contributed by atoms with Crippen molar-refractivity contribution in [3.8, 4) is 0 Å². The van der Waals surface area contributed by atoms with E-state index in [-0.39, 0.29) is 12.2 Å². The Balaban J connectivity index is 1.32. The molecule has 33 heavy (non-hydrogen) atoms. The minimum atomic E-state index is -0.454. The largest absolute Gasteiger partial charge is 0.444 e. The van der Waals surface area contributed by atoms with Gasteiger partial charge in [0.05, 0.1) is 6.10 Å². The van der Waals surface area contributed by atoms with Gasteiger partial charge in [-0.3, -0.25) is 0 Å². The van der Waals surface area contributed by atoms with E-state index in [1.54, 1.807) is 0 Å². The molecule has 0 bridgehead atoms. The molecule has 4 aliphatic rings. The van der Waals surface area contributed by atoms with Crippen molar-refractivity contribution in [2.75, 3.05) is 13.1 Å². The standard InChI is InChI=1S/C28H50N2O3/c1-18(29-15-16-30-25(32)33-26(2,3)4)22-9-10-23-21-8-7-19-17-20(31)11-13-27(19,5)24(21)12-14-28(22,23)6/h18-24,29,31H,7-17H2,1-6H3,(H,30,32). The van der Waals surface area contributed by atoms with E-state index in [9.17, 15) is 9.90 Å². The van der Waals surface area contributed by atoms with E-state index in [2.05, 4.69) is 31.4 Å². The minimum Gasteiger partial charge on any atom is -0.444 e. The molecule has 5 nitrogen and oxygen atoms in total. The number of amides is 1. The van der Waals surface area contributed by atoms with Gasteiger partial charge in [0, 0.05) is 19.1 Å². The van der Waals surface area contributed by atoms with Crippen LogP contribution in [0.15, 0.2) is 0 Å². The second-order valence-electron chi connectivity index (χ2n) is 13.5. The smallest absolute Gasteiger partial charge is 0.407 e. The minimum absolute atomic E-state index is 0.0546. The highest BCUT2D eigenvalue weighted by molar-refractivity contribution is 5.67. The molecule has 0 aromatic rings. The van der Waals surface area contributed by atoms with Crippen LogP contribution in [0.1, 0.15) is 99.3 Å². The van der Waals surface area contributed by atoms with Gasteiger partial charge in [-0.1, -0.05) is 13.8 Å². The van der Waals surface area contributed by atoms with Gasteiger partial charge in [-0.15, -0.1) is 0 Å². The average Bonchev–Trinajstić information content (AvgIpc) is 3.07. The third kappa shape index (κ3) is 4.96. The number of ether oxygens (including phenoxy) is 1. The van der Waals surface area contributed by atoms with Gasteiger partial charge in [0.2, 0.25) is 0 Å². The fourth-order valence-corrected chi connectivity index (χ4v) is 9.02. The quantitative estimate of drug-likeness (QED) is 0.471. The molecule has 0 heterocycles. The van der Waals surface area contributed by atoms with Crippen LogP contribution in [-0.4, -0.2) is 42.0 Å². The molecule has 4 fully saturated rings. The number of hydrogen-bond donors (Lipinski definition) is 3. The predicted octanol–water partition coefficient (Wildman–Crippen LogP) is 5.51. The second-order valence-corrected chi connectivity index (χ2v) is 13.5. The number of nitrogens with one attached hydrogen (secondary N) is 2. The van der Waals surface area contributed by atoms with Gasteiger partial charge < -0.3 is 20.5 Å². The molecule has 5 heteroatoms. The maximum atomic E-state index is 11.9. The van der Waals surface area contributed by atoms with Crippen LogP contribution in [0.3, 0.4) is 0 Å². The molecule has 9 unspecified atom stereocenters. The Morgan fingerprint density at radius 1 is 1.00 bits per heavy atom. The summed E-state index contributed by atoms with van der Waals surface area (Å²) in [6, 6.07) is 0.466. The Hall–Kier alpha value is -0.810.